The average molecular weight is 423 g/mol. The van der Waals surface area contributed by atoms with Gasteiger partial charge < -0.3 is 15.5 Å². The first-order valence-electron chi connectivity index (χ1n) is 10.4. The maximum Gasteiger partial charge on any atom is 0.315 e. The van der Waals surface area contributed by atoms with Crippen molar-refractivity contribution >= 4 is 11.7 Å². The van der Waals surface area contributed by atoms with Crippen LogP contribution in [-0.2, 0) is 0 Å². The molecule has 1 aliphatic heterocycles. The Balaban J connectivity index is 1.38. The predicted molar refractivity (Wildman–Crippen MR) is 116 cm³/mol. The molecule has 2 heterocycles. The van der Waals surface area contributed by atoms with Crippen LogP contribution in [0.2, 0.25) is 0 Å². The van der Waals surface area contributed by atoms with E-state index in [9.17, 15) is 9.18 Å². The first kappa shape index (κ1) is 20.8. The second-order valence-electron chi connectivity index (χ2n) is 7.86. The zero-order valence-electron chi connectivity index (χ0n) is 17.6. The Morgan fingerprint density at radius 2 is 2.03 bits per heavy atom. The lowest BCUT2D eigenvalue weighted by molar-refractivity contribution is 0.231. The van der Waals surface area contributed by atoms with E-state index in [2.05, 4.69) is 26.2 Å². The summed E-state index contributed by atoms with van der Waals surface area (Å²) >= 11 is 0. The van der Waals surface area contributed by atoms with Crippen LogP contribution in [0.5, 0.6) is 0 Å². The predicted octanol–water partition coefficient (Wildman–Crippen LogP) is 3.14. The molecule has 2 aromatic carbocycles. The molecule has 0 spiro atoms. The summed E-state index contributed by atoms with van der Waals surface area (Å²) in [5.41, 5.74) is 2.41. The number of para-hydroxylation sites is 1. The summed E-state index contributed by atoms with van der Waals surface area (Å²) in [7, 11) is 0. The number of aromatic nitrogens is 4. The van der Waals surface area contributed by atoms with Gasteiger partial charge in [0.2, 0.25) is 0 Å². The molecule has 2 amide bonds. The lowest BCUT2D eigenvalue weighted by atomic mass is 10.0. The van der Waals surface area contributed by atoms with Gasteiger partial charge in [0.15, 0.2) is 5.82 Å². The van der Waals surface area contributed by atoms with E-state index in [1.807, 2.05) is 55.1 Å². The van der Waals surface area contributed by atoms with Crippen LogP contribution in [-0.4, -0.2) is 45.4 Å². The Labute approximate surface area is 180 Å². The first-order chi connectivity index (χ1) is 15.0. The Kier molecular flexibility index (Phi) is 6.11. The lowest BCUT2D eigenvalue weighted by Gasteiger charge is -2.35. The number of carbonyl (C=O) groups excluding carboxylic acids is 1. The average Bonchev–Trinajstić information content (AvgIpc) is 3.26. The number of urea groups is 1. The minimum absolute atomic E-state index is 0.0778. The second kappa shape index (κ2) is 9.11. The van der Waals surface area contributed by atoms with E-state index in [0.717, 1.165) is 30.6 Å². The summed E-state index contributed by atoms with van der Waals surface area (Å²) in [4.78, 5) is 14.6. The molecule has 0 saturated carbocycles. The molecule has 1 aliphatic rings. The van der Waals surface area contributed by atoms with E-state index in [0.29, 0.717) is 18.1 Å². The smallest absolute Gasteiger partial charge is 0.315 e. The number of anilines is 1. The van der Waals surface area contributed by atoms with Gasteiger partial charge >= 0.3 is 6.03 Å². The van der Waals surface area contributed by atoms with Crippen molar-refractivity contribution in [2.75, 3.05) is 18.0 Å². The highest BCUT2D eigenvalue weighted by atomic mass is 19.1. The van der Waals surface area contributed by atoms with Crippen LogP contribution in [0.4, 0.5) is 14.9 Å². The molecule has 3 aromatic rings. The summed E-state index contributed by atoms with van der Waals surface area (Å²) < 4.78 is 15.9. The summed E-state index contributed by atoms with van der Waals surface area (Å²) in [6.45, 7) is 5.10. The number of piperidine rings is 1. The van der Waals surface area contributed by atoms with Crippen molar-refractivity contribution in [3.05, 3.63) is 65.7 Å². The van der Waals surface area contributed by atoms with Crippen molar-refractivity contribution < 1.29 is 9.18 Å². The molecule has 31 heavy (non-hydrogen) atoms. The van der Waals surface area contributed by atoms with Gasteiger partial charge in [-0.25, -0.2) is 9.18 Å². The van der Waals surface area contributed by atoms with E-state index in [1.54, 1.807) is 10.7 Å². The molecule has 1 saturated heterocycles. The van der Waals surface area contributed by atoms with Gasteiger partial charge in [-0.15, -0.1) is 5.10 Å². The number of hydrogen-bond acceptors (Lipinski definition) is 5. The minimum atomic E-state index is -0.399. The zero-order chi connectivity index (χ0) is 21.8. The minimum Gasteiger partial charge on any atom is -0.367 e. The number of aryl methyl sites for hydroxylation is 1. The first-order valence-corrected chi connectivity index (χ1v) is 10.4. The third-order valence-electron chi connectivity index (χ3n) is 5.43. The third kappa shape index (κ3) is 4.82. The maximum absolute atomic E-state index is 14.3. The number of benzene rings is 2. The summed E-state index contributed by atoms with van der Waals surface area (Å²) in [5.74, 6) is 0.297. The number of nitrogens with zero attached hydrogens (tertiary/aromatic N) is 5. The van der Waals surface area contributed by atoms with Crippen molar-refractivity contribution in [2.24, 2.45) is 0 Å². The van der Waals surface area contributed by atoms with Gasteiger partial charge in [0.05, 0.1) is 17.4 Å². The van der Waals surface area contributed by atoms with E-state index >= 15 is 0 Å². The van der Waals surface area contributed by atoms with E-state index < -0.39 is 6.04 Å². The molecule has 1 aromatic heterocycles. The van der Waals surface area contributed by atoms with Crippen molar-refractivity contribution in [3.63, 3.8) is 0 Å². The molecule has 0 bridgehead atoms. The molecule has 162 valence electrons. The van der Waals surface area contributed by atoms with Crippen LogP contribution in [0, 0.1) is 12.7 Å². The van der Waals surface area contributed by atoms with Gasteiger partial charge in [0, 0.05) is 19.1 Å². The normalized spacial score (nSPS) is 17.3. The SMILES string of the molecule is Cc1ccc(F)c(N2CCCC(NC(=O)NC(C)c3nnnn3-c3ccccc3)C2)c1. The number of amides is 2. The zero-order valence-corrected chi connectivity index (χ0v) is 17.6. The molecule has 2 N–H and O–H groups in total. The number of rotatable bonds is 5. The quantitative estimate of drug-likeness (QED) is 0.658. The Hall–Kier alpha value is -3.49. The van der Waals surface area contributed by atoms with Crippen LogP contribution >= 0.6 is 0 Å². The standard InChI is InChI=1S/C22H26FN7O/c1-15-10-11-19(23)20(13-15)29-12-6-7-17(14-29)25-22(31)24-16(2)21-26-27-28-30(21)18-8-4-3-5-9-18/h3-5,8-11,13,16-17H,6-7,12,14H2,1-2H3,(H2,24,25,31). The van der Waals surface area contributed by atoms with Crippen LogP contribution in [0.15, 0.2) is 48.5 Å². The molecule has 9 heteroatoms. The van der Waals surface area contributed by atoms with Crippen molar-refractivity contribution in [1.29, 1.82) is 0 Å². The van der Waals surface area contributed by atoms with Crippen molar-refractivity contribution in [3.8, 4) is 5.69 Å². The fraction of sp³-hybridized carbons (Fsp3) is 0.364. The summed E-state index contributed by atoms with van der Waals surface area (Å²) in [6, 6.07) is 13.8. The molecule has 4 rings (SSSR count). The Bertz CT molecular complexity index is 1040. The van der Waals surface area contributed by atoms with Crippen LogP contribution < -0.4 is 15.5 Å². The largest absolute Gasteiger partial charge is 0.367 e. The third-order valence-corrected chi connectivity index (χ3v) is 5.43. The number of halogens is 1. The molecule has 1 fully saturated rings. The Morgan fingerprint density at radius 1 is 1.23 bits per heavy atom. The number of hydrogen-bond donors (Lipinski definition) is 2. The highest BCUT2D eigenvalue weighted by Crippen LogP contribution is 2.24. The molecular weight excluding hydrogens is 397 g/mol. The topological polar surface area (TPSA) is 88.0 Å². The van der Waals surface area contributed by atoms with Gasteiger partial charge in [-0.3, -0.25) is 0 Å². The highest BCUT2D eigenvalue weighted by molar-refractivity contribution is 5.74. The highest BCUT2D eigenvalue weighted by Gasteiger charge is 2.25. The van der Waals surface area contributed by atoms with E-state index in [-0.39, 0.29) is 17.9 Å². The molecule has 0 aliphatic carbocycles. The fourth-order valence-electron chi connectivity index (χ4n) is 3.88. The van der Waals surface area contributed by atoms with Crippen LogP contribution in [0.25, 0.3) is 5.69 Å². The summed E-state index contributed by atoms with van der Waals surface area (Å²) in [5, 5.41) is 17.8. The van der Waals surface area contributed by atoms with Crippen molar-refractivity contribution in [1.82, 2.24) is 30.8 Å². The lowest BCUT2D eigenvalue weighted by Crippen LogP contribution is -2.51. The van der Waals surface area contributed by atoms with Crippen LogP contribution in [0.1, 0.15) is 37.2 Å². The number of tetrazole rings is 1. The monoisotopic (exact) mass is 423 g/mol. The molecule has 0 radical (unpaired) electrons. The molecule has 2 unspecified atom stereocenters. The number of nitrogens with one attached hydrogen (secondary N) is 2. The van der Waals surface area contributed by atoms with E-state index in [4.69, 9.17) is 0 Å². The van der Waals surface area contributed by atoms with Gasteiger partial charge in [0.25, 0.3) is 0 Å². The van der Waals surface area contributed by atoms with E-state index in [1.165, 1.54) is 6.07 Å². The number of carbonyl (C=O) groups is 1. The van der Waals surface area contributed by atoms with Gasteiger partial charge in [-0.05, 0) is 66.9 Å². The van der Waals surface area contributed by atoms with Crippen LogP contribution in [0.3, 0.4) is 0 Å². The fourth-order valence-corrected chi connectivity index (χ4v) is 3.88. The molecule has 8 nitrogen and oxygen atoms in total. The van der Waals surface area contributed by atoms with Gasteiger partial charge in [-0.1, -0.05) is 24.3 Å². The molecule has 2 atom stereocenters. The van der Waals surface area contributed by atoms with Gasteiger partial charge in [0.1, 0.15) is 5.82 Å². The summed E-state index contributed by atoms with van der Waals surface area (Å²) in [6.07, 6.45) is 1.72. The molecular formula is C22H26FN7O. The van der Waals surface area contributed by atoms with Crippen molar-refractivity contribution in [2.45, 2.75) is 38.8 Å². The maximum atomic E-state index is 14.3. The van der Waals surface area contributed by atoms with Gasteiger partial charge in [-0.2, -0.15) is 4.68 Å². The Morgan fingerprint density at radius 3 is 2.84 bits per heavy atom. The second-order valence-corrected chi connectivity index (χ2v) is 7.86.